The minimum absolute atomic E-state index is 0.264. The molecule has 1 saturated heterocycles. The summed E-state index contributed by atoms with van der Waals surface area (Å²) in [6.45, 7) is 13.7. The molecule has 6 nitrogen and oxygen atoms in total. The summed E-state index contributed by atoms with van der Waals surface area (Å²) in [5.74, 6) is 0.109. The molecule has 1 aliphatic heterocycles. The molecular formula is C28H37N3O3. The number of methoxy groups -OCH3 is 1. The van der Waals surface area contributed by atoms with E-state index in [-0.39, 0.29) is 5.97 Å². The molecule has 0 aromatic heterocycles. The van der Waals surface area contributed by atoms with E-state index in [0.29, 0.717) is 36.3 Å². The van der Waals surface area contributed by atoms with E-state index < -0.39 is 0 Å². The Morgan fingerprint density at radius 3 is 2.62 bits per heavy atom. The predicted molar refractivity (Wildman–Crippen MR) is 137 cm³/mol. The summed E-state index contributed by atoms with van der Waals surface area (Å²) in [5.41, 5.74) is 6.46. The highest BCUT2D eigenvalue weighted by Crippen LogP contribution is 2.34. The fourth-order valence-corrected chi connectivity index (χ4v) is 5.23. The van der Waals surface area contributed by atoms with Crippen LogP contribution in [0.5, 0.6) is 0 Å². The zero-order chi connectivity index (χ0) is 24.8. The highest BCUT2D eigenvalue weighted by Gasteiger charge is 2.32. The van der Waals surface area contributed by atoms with E-state index in [1.807, 2.05) is 38.1 Å². The Bertz CT molecular complexity index is 1060. The van der Waals surface area contributed by atoms with E-state index in [1.54, 1.807) is 7.11 Å². The van der Waals surface area contributed by atoms with Gasteiger partial charge in [-0.15, -0.1) is 0 Å². The van der Waals surface area contributed by atoms with Gasteiger partial charge in [-0.2, -0.15) is 5.26 Å². The van der Waals surface area contributed by atoms with E-state index in [0.717, 1.165) is 48.6 Å². The first-order valence-corrected chi connectivity index (χ1v) is 12.2. The van der Waals surface area contributed by atoms with Gasteiger partial charge < -0.3 is 19.3 Å². The fourth-order valence-electron chi connectivity index (χ4n) is 5.23. The number of carbonyl (C=O) groups is 1. The van der Waals surface area contributed by atoms with Crippen LogP contribution in [-0.2, 0) is 16.1 Å². The van der Waals surface area contributed by atoms with Gasteiger partial charge in [0.1, 0.15) is 6.07 Å². The number of nitrogens with zero attached hydrogens (tertiary/aromatic N) is 3. The molecule has 6 heteroatoms. The van der Waals surface area contributed by atoms with Gasteiger partial charge in [-0.25, -0.2) is 4.79 Å². The topological polar surface area (TPSA) is 65.8 Å². The number of esters is 1. The van der Waals surface area contributed by atoms with Crippen LogP contribution in [0.25, 0.3) is 0 Å². The number of anilines is 2. The van der Waals surface area contributed by atoms with Gasteiger partial charge in [-0.05, 0) is 68.9 Å². The Hall–Kier alpha value is -3.04. The summed E-state index contributed by atoms with van der Waals surface area (Å²) in [7, 11) is 1.65. The molecule has 2 unspecified atom stereocenters. The minimum atomic E-state index is -0.264. The fraction of sp³-hybridized carbons (Fsp3) is 0.500. The van der Waals surface area contributed by atoms with Crippen molar-refractivity contribution in [3.8, 4) is 6.07 Å². The van der Waals surface area contributed by atoms with Crippen molar-refractivity contribution in [2.24, 2.45) is 5.92 Å². The lowest BCUT2D eigenvalue weighted by Gasteiger charge is -2.45. The van der Waals surface area contributed by atoms with Gasteiger partial charge in [0.15, 0.2) is 0 Å². The Morgan fingerprint density at radius 1 is 1.24 bits per heavy atom. The van der Waals surface area contributed by atoms with Crippen LogP contribution in [0.4, 0.5) is 11.4 Å². The molecule has 1 fully saturated rings. The molecule has 2 atom stereocenters. The maximum absolute atomic E-state index is 12.5. The van der Waals surface area contributed by atoms with Gasteiger partial charge in [0, 0.05) is 38.5 Å². The van der Waals surface area contributed by atoms with Crippen LogP contribution in [0.1, 0.15) is 59.8 Å². The second-order valence-electron chi connectivity index (χ2n) is 9.10. The second-order valence-corrected chi connectivity index (χ2v) is 9.10. The molecule has 2 aromatic carbocycles. The van der Waals surface area contributed by atoms with E-state index in [4.69, 9.17) is 9.47 Å². The molecule has 3 rings (SSSR count). The lowest BCUT2D eigenvalue weighted by molar-refractivity contribution is 0.0525. The smallest absolute Gasteiger partial charge is 0.338 e. The first kappa shape index (κ1) is 25.6. The third-order valence-electron chi connectivity index (χ3n) is 6.83. The summed E-state index contributed by atoms with van der Waals surface area (Å²) in [6.07, 6.45) is 0.969. The average molecular weight is 464 g/mol. The molecule has 0 saturated carbocycles. The SMILES string of the molecule is CCOC(=O)c1cc(N(CC)C2CCN(c3cccc(COC)c3C#N)CC2C)c(C)cc1C. The summed E-state index contributed by atoms with van der Waals surface area (Å²) in [4.78, 5) is 17.3. The quantitative estimate of drug-likeness (QED) is 0.499. The monoisotopic (exact) mass is 463 g/mol. The molecule has 0 N–H and O–H groups in total. The first-order valence-electron chi connectivity index (χ1n) is 12.2. The molecule has 2 aromatic rings. The number of nitriles is 1. The van der Waals surface area contributed by atoms with Gasteiger partial charge in [0.2, 0.25) is 0 Å². The van der Waals surface area contributed by atoms with Crippen LogP contribution in [-0.4, -0.2) is 45.4 Å². The van der Waals surface area contributed by atoms with Crippen LogP contribution >= 0.6 is 0 Å². The zero-order valence-corrected chi connectivity index (χ0v) is 21.4. The van der Waals surface area contributed by atoms with E-state index in [1.165, 1.54) is 5.56 Å². The van der Waals surface area contributed by atoms with Crippen LogP contribution < -0.4 is 9.80 Å². The standard InChI is InChI=1S/C28H37N3O3/c1-7-31(27-15-23(28(32)34-8-2)19(3)14-20(27)4)25-12-13-30(17-21(25)5)26-11-9-10-22(18-33-6)24(26)16-29/h9-11,14-15,21,25H,7-8,12-13,17-18H2,1-6H3. The van der Waals surface area contributed by atoms with E-state index in [2.05, 4.69) is 42.7 Å². The van der Waals surface area contributed by atoms with Crippen molar-refractivity contribution >= 4 is 17.3 Å². The number of benzene rings is 2. The molecule has 34 heavy (non-hydrogen) atoms. The Morgan fingerprint density at radius 2 is 2.00 bits per heavy atom. The normalized spacial score (nSPS) is 17.9. The van der Waals surface area contributed by atoms with Crippen molar-refractivity contribution in [3.63, 3.8) is 0 Å². The molecule has 182 valence electrons. The van der Waals surface area contributed by atoms with Crippen molar-refractivity contribution in [2.75, 3.05) is 43.2 Å². The van der Waals surface area contributed by atoms with Crippen LogP contribution in [0.2, 0.25) is 0 Å². The largest absolute Gasteiger partial charge is 0.462 e. The Kier molecular flexibility index (Phi) is 8.57. The molecule has 1 aliphatic rings. The highest BCUT2D eigenvalue weighted by molar-refractivity contribution is 5.92. The molecule has 0 radical (unpaired) electrons. The summed E-state index contributed by atoms with van der Waals surface area (Å²) in [5, 5.41) is 9.83. The predicted octanol–water partition coefficient (Wildman–Crippen LogP) is 5.24. The molecule has 0 amide bonds. The Balaban J connectivity index is 1.87. The Labute approximate surface area is 204 Å². The highest BCUT2D eigenvalue weighted by atomic mass is 16.5. The van der Waals surface area contributed by atoms with Crippen LogP contribution in [0.15, 0.2) is 30.3 Å². The molecule has 0 spiro atoms. The van der Waals surface area contributed by atoms with Crippen molar-refractivity contribution in [1.29, 1.82) is 5.26 Å². The van der Waals surface area contributed by atoms with Gasteiger partial charge in [-0.1, -0.05) is 25.1 Å². The first-order chi connectivity index (χ1) is 16.4. The average Bonchev–Trinajstić information content (AvgIpc) is 2.81. The maximum Gasteiger partial charge on any atom is 0.338 e. The summed E-state index contributed by atoms with van der Waals surface area (Å²) >= 11 is 0. The number of ether oxygens (including phenoxy) is 2. The zero-order valence-electron chi connectivity index (χ0n) is 21.4. The molecule has 1 heterocycles. The third-order valence-corrected chi connectivity index (χ3v) is 6.83. The van der Waals surface area contributed by atoms with Crippen molar-refractivity contribution in [2.45, 2.75) is 53.7 Å². The summed E-state index contributed by atoms with van der Waals surface area (Å²) in [6, 6.07) is 12.8. The lowest BCUT2D eigenvalue weighted by atomic mass is 9.90. The van der Waals surface area contributed by atoms with Crippen LogP contribution in [0.3, 0.4) is 0 Å². The van der Waals surface area contributed by atoms with Crippen molar-refractivity contribution in [3.05, 3.63) is 58.1 Å². The number of aryl methyl sites for hydroxylation is 2. The van der Waals surface area contributed by atoms with Gasteiger partial charge in [-0.3, -0.25) is 0 Å². The van der Waals surface area contributed by atoms with Crippen molar-refractivity contribution < 1.29 is 14.3 Å². The number of rotatable bonds is 8. The van der Waals surface area contributed by atoms with Crippen LogP contribution in [0, 0.1) is 31.1 Å². The minimum Gasteiger partial charge on any atom is -0.462 e. The third kappa shape index (κ3) is 5.20. The maximum atomic E-state index is 12.5. The number of carbonyl (C=O) groups excluding carboxylic acids is 1. The molecule has 0 aliphatic carbocycles. The van der Waals surface area contributed by atoms with Gasteiger partial charge >= 0.3 is 5.97 Å². The van der Waals surface area contributed by atoms with E-state index in [9.17, 15) is 10.1 Å². The number of hydrogen-bond acceptors (Lipinski definition) is 6. The second kappa shape index (κ2) is 11.4. The van der Waals surface area contributed by atoms with Crippen molar-refractivity contribution in [1.82, 2.24) is 0 Å². The number of piperidine rings is 1. The molecular weight excluding hydrogens is 426 g/mol. The van der Waals surface area contributed by atoms with Gasteiger partial charge in [0.05, 0.1) is 30.0 Å². The lowest BCUT2D eigenvalue weighted by Crippen LogP contribution is -2.51. The molecule has 0 bridgehead atoms. The van der Waals surface area contributed by atoms with E-state index >= 15 is 0 Å². The summed E-state index contributed by atoms with van der Waals surface area (Å²) < 4.78 is 10.6. The number of hydrogen-bond donors (Lipinski definition) is 0. The van der Waals surface area contributed by atoms with Gasteiger partial charge in [0.25, 0.3) is 0 Å².